The summed E-state index contributed by atoms with van der Waals surface area (Å²) in [5.41, 5.74) is 8.48. The standard InChI is InChI=1S/C31H37N5O5S/c32-30(33)21-11-16-27(38)26(18-21)36-17-3-5-25(36)29(20-9-14-23(37)15-10-20)31(39)35-22-12-7-19(8-13-22)24-4-1-2-6-28(24)42(34,40)41/h1-2,4,6-8,11-13,16,18,20,23,25,29,37-38H,3,5,9-10,14-15,17H2,(H3,32,33)(H,35,39)(H2,34,40,41). The number of sulfonamides is 1. The van der Waals surface area contributed by atoms with Crippen LogP contribution in [0.2, 0.25) is 0 Å². The van der Waals surface area contributed by atoms with Crippen molar-refractivity contribution in [2.24, 2.45) is 22.7 Å². The van der Waals surface area contributed by atoms with Gasteiger partial charge in [-0.2, -0.15) is 0 Å². The molecule has 1 saturated carbocycles. The van der Waals surface area contributed by atoms with Gasteiger partial charge in [0.1, 0.15) is 11.6 Å². The Hall–Kier alpha value is -3.93. The number of aliphatic hydroxyl groups excluding tert-OH is 1. The highest BCUT2D eigenvalue weighted by Crippen LogP contribution is 2.42. The number of hydrogen-bond donors (Lipinski definition) is 6. The van der Waals surface area contributed by atoms with Gasteiger partial charge in [-0.1, -0.05) is 30.3 Å². The van der Waals surface area contributed by atoms with E-state index in [2.05, 4.69) is 10.2 Å². The van der Waals surface area contributed by atoms with Crippen LogP contribution in [0.1, 0.15) is 44.1 Å². The summed E-state index contributed by atoms with van der Waals surface area (Å²) in [5, 5.41) is 37.3. The molecule has 2 atom stereocenters. The summed E-state index contributed by atoms with van der Waals surface area (Å²) in [4.78, 5) is 16.1. The SMILES string of the molecule is N=C(N)c1ccc(O)c(N2CCCC2C(C(=O)Nc2ccc(-c3ccccc3S(N)(=O)=O)cc2)C2CCC(O)CC2)c1. The summed E-state index contributed by atoms with van der Waals surface area (Å²) in [6, 6.07) is 18.1. The van der Waals surface area contributed by atoms with Crippen LogP contribution in [0.5, 0.6) is 5.75 Å². The molecule has 222 valence electrons. The van der Waals surface area contributed by atoms with E-state index in [1.165, 1.54) is 12.1 Å². The quantitative estimate of drug-likeness (QED) is 0.170. The lowest BCUT2D eigenvalue weighted by Crippen LogP contribution is -2.46. The van der Waals surface area contributed by atoms with Crippen molar-refractivity contribution in [2.45, 2.75) is 55.6 Å². The maximum Gasteiger partial charge on any atom is 0.238 e. The fourth-order valence-corrected chi connectivity index (χ4v) is 7.22. The molecule has 0 bridgehead atoms. The van der Waals surface area contributed by atoms with Crippen molar-refractivity contribution >= 4 is 33.1 Å². The summed E-state index contributed by atoms with van der Waals surface area (Å²) >= 11 is 0. The molecule has 1 aliphatic carbocycles. The third kappa shape index (κ3) is 6.28. The molecule has 10 nitrogen and oxygen atoms in total. The molecule has 1 amide bonds. The molecule has 2 fully saturated rings. The van der Waals surface area contributed by atoms with Crippen LogP contribution in [0.3, 0.4) is 0 Å². The fraction of sp³-hybridized carbons (Fsp3) is 0.355. The predicted molar refractivity (Wildman–Crippen MR) is 163 cm³/mol. The lowest BCUT2D eigenvalue weighted by molar-refractivity contribution is -0.123. The van der Waals surface area contributed by atoms with Gasteiger partial charge in [-0.05, 0) is 86.4 Å². The van der Waals surface area contributed by atoms with Crippen molar-refractivity contribution in [2.75, 3.05) is 16.8 Å². The van der Waals surface area contributed by atoms with E-state index in [1.807, 2.05) is 0 Å². The van der Waals surface area contributed by atoms with Crippen LogP contribution < -0.4 is 21.1 Å². The third-order valence-corrected chi connectivity index (χ3v) is 9.49. The first kappa shape index (κ1) is 29.6. The molecule has 0 radical (unpaired) electrons. The number of nitrogens with zero attached hydrogens (tertiary/aromatic N) is 1. The van der Waals surface area contributed by atoms with Crippen molar-refractivity contribution in [1.82, 2.24) is 0 Å². The number of amidine groups is 1. The molecule has 0 aromatic heterocycles. The summed E-state index contributed by atoms with van der Waals surface area (Å²) < 4.78 is 24.2. The summed E-state index contributed by atoms with van der Waals surface area (Å²) in [5.74, 6) is -0.549. The zero-order chi connectivity index (χ0) is 30.0. The Morgan fingerprint density at radius 1 is 1.00 bits per heavy atom. The number of anilines is 2. The number of aliphatic hydroxyl groups is 1. The Balaban J connectivity index is 1.43. The minimum absolute atomic E-state index is 0.0276. The van der Waals surface area contributed by atoms with Gasteiger partial charge in [-0.3, -0.25) is 10.2 Å². The van der Waals surface area contributed by atoms with E-state index in [4.69, 9.17) is 16.3 Å². The largest absolute Gasteiger partial charge is 0.506 e. The molecule has 1 saturated heterocycles. The minimum atomic E-state index is -3.92. The molecule has 2 aliphatic rings. The Morgan fingerprint density at radius 3 is 2.36 bits per heavy atom. The van der Waals surface area contributed by atoms with Crippen LogP contribution in [0.4, 0.5) is 11.4 Å². The molecule has 3 aromatic rings. The second kappa shape index (κ2) is 12.1. The highest BCUT2D eigenvalue weighted by Gasteiger charge is 2.42. The first-order valence-corrected chi connectivity index (χ1v) is 15.7. The van der Waals surface area contributed by atoms with Crippen molar-refractivity contribution < 1.29 is 23.4 Å². The average Bonchev–Trinajstić information content (AvgIpc) is 3.43. The number of nitrogen functional groups attached to an aromatic ring is 1. The molecule has 0 spiro atoms. The van der Waals surface area contributed by atoms with Crippen molar-refractivity contribution in [1.29, 1.82) is 5.41 Å². The van der Waals surface area contributed by atoms with Gasteiger partial charge >= 0.3 is 0 Å². The number of rotatable bonds is 8. The summed E-state index contributed by atoms with van der Waals surface area (Å²) in [6.45, 7) is 0.650. The first-order valence-electron chi connectivity index (χ1n) is 14.2. The molecular weight excluding hydrogens is 554 g/mol. The van der Waals surface area contributed by atoms with Crippen molar-refractivity contribution in [3.63, 3.8) is 0 Å². The number of phenols is 1. The maximum atomic E-state index is 14.0. The Labute approximate surface area is 245 Å². The Bertz CT molecular complexity index is 1570. The zero-order valence-corrected chi connectivity index (χ0v) is 24.1. The minimum Gasteiger partial charge on any atom is -0.506 e. The molecule has 11 heteroatoms. The molecule has 8 N–H and O–H groups in total. The number of benzene rings is 3. The smallest absolute Gasteiger partial charge is 0.238 e. The van der Waals surface area contributed by atoms with Gasteiger partial charge in [0.15, 0.2) is 0 Å². The highest BCUT2D eigenvalue weighted by atomic mass is 32.2. The molecule has 42 heavy (non-hydrogen) atoms. The Morgan fingerprint density at radius 2 is 1.69 bits per heavy atom. The summed E-state index contributed by atoms with van der Waals surface area (Å²) in [7, 11) is -3.92. The number of nitrogens with one attached hydrogen (secondary N) is 2. The molecule has 3 aromatic carbocycles. The third-order valence-electron chi connectivity index (χ3n) is 8.52. The average molecular weight is 592 g/mol. The molecule has 2 unspecified atom stereocenters. The van der Waals surface area contributed by atoms with Crippen molar-refractivity contribution in [3.8, 4) is 16.9 Å². The Kier molecular flexibility index (Phi) is 8.53. The normalized spacial score (nSPS) is 21.6. The van der Waals surface area contributed by atoms with E-state index in [-0.39, 0.29) is 40.5 Å². The second-order valence-corrected chi connectivity index (χ2v) is 12.8. The topological polar surface area (TPSA) is 183 Å². The number of amides is 1. The van der Waals surface area contributed by atoms with Crippen LogP contribution >= 0.6 is 0 Å². The number of aromatic hydroxyl groups is 1. The zero-order valence-electron chi connectivity index (χ0n) is 23.2. The van der Waals surface area contributed by atoms with Gasteiger partial charge in [0, 0.05) is 29.4 Å². The number of phenolic OH excluding ortho intramolecular Hbond substituents is 1. The molecule has 1 aliphatic heterocycles. The molecular formula is C31H37N5O5S. The van der Waals surface area contributed by atoms with Crippen LogP contribution in [-0.2, 0) is 14.8 Å². The van der Waals surface area contributed by atoms with Crippen LogP contribution in [0.15, 0.2) is 71.6 Å². The van der Waals surface area contributed by atoms with Gasteiger partial charge in [-0.25, -0.2) is 13.6 Å². The van der Waals surface area contributed by atoms with Crippen molar-refractivity contribution in [3.05, 3.63) is 72.3 Å². The van der Waals surface area contributed by atoms with Gasteiger partial charge in [0.05, 0.1) is 22.6 Å². The van der Waals surface area contributed by atoms with Crippen LogP contribution in [-0.4, -0.2) is 49.1 Å². The van der Waals surface area contributed by atoms with E-state index in [0.717, 1.165) is 12.8 Å². The summed E-state index contributed by atoms with van der Waals surface area (Å²) in [6.07, 6.45) is 3.91. The maximum absolute atomic E-state index is 14.0. The number of carbonyl (C=O) groups is 1. The predicted octanol–water partition coefficient (Wildman–Crippen LogP) is 3.77. The number of primary sulfonamides is 1. The second-order valence-electron chi connectivity index (χ2n) is 11.2. The lowest BCUT2D eigenvalue weighted by atomic mass is 9.74. The first-order chi connectivity index (χ1) is 20.0. The van der Waals surface area contributed by atoms with E-state index in [1.54, 1.807) is 54.6 Å². The van der Waals surface area contributed by atoms with E-state index >= 15 is 0 Å². The van der Waals surface area contributed by atoms with E-state index in [9.17, 15) is 23.4 Å². The van der Waals surface area contributed by atoms with Crippen LogP contribution in [0.25, 0.3) is 11.1 Å². The lowest BCUT2D eigenvalue weighted by Gasteiger charge is -2.39. The number of carbonyl (C=O) groups excluding carboxylic acids is 1. The van der Waals surface area contributed by atoms with E-state index < -0.39 is 15.9 Å². The van der Waals surface area contributed by atoms with E-state index in [0.29, 0.717) is 60.3 Å². The number of nitrogens with two attached hydrogens (primary N) is 2. The van der Waals surface area contributed by atoms with Gasteiger partial charge in [0.25, 0.3) is 0 Å². The molecule has 1 heterocycles. The van der Waals surface area contributed by atoms with Gasteiger partial charge in [0.2, 0.25) is 15.9 Å². The van der Waals surface area contributed by atoms with Gasteiger partial charge < -0.3 is 26.2 Å². The van der Waals surface area contributed by atoms with Gasteiger partial charge in [-0.15, -0.1) is 0 Å². The highest BCUT2D eigenvalue weighted by molar-refractivity contribution is 7.89. The monoisotopic (exact) mass is 591 g/mol. The van der Waals surface area contributed by atoms with Crippen LogP contribution in [0, 0.1) is 17.2 Å². The fourth-order valence-electron chi connectivity index (χ4n) is 6.46. The number of hydrogen-bond acceptors (Lipinski definition) is 7. The molecule has 5 rings (SSSR count).